The molecule has 0 saturated carbocycles. The first-order valence-electron chi connectivity index (χ1n) is 5.49. The van der Waals surface area contributed by atoms with Crippen molar-refractivity contribution in [2.24, 2.45) is 0 Å². The quantitative estimate of drug-likeness (QED) is 0.685. The molecule has 0 aliphatic rings. The van der Waals surface area contributed by atoms with E-state index in [1.165, 1.54) is 18.2 Å². The molecular weight excluding hydrogens is 321 g/mol. The average Bonchev–Trinajstić information content (AvgIpc) is 2.39. The van der Waals surface area contributed by atoms with Crippen LogP contribution in [0.2, 0.25) is 0 Å². The first-order chi connectivity index (χ1) is 9.00. The first-order valence-corrected chi connectivity index (χ1v) is 6.62. The Kier molecular flexibility index (Phi) is 4.14. The molecule has 0 aromatic heterocycles. The molecule has 0 atom stereocenters. The molecule has 0 radical (unpaired) electrons. The molecule has 0 bridgehead atoms. The molecule has 0 amide bonds. The largest absolute Gasteiger partial charge is 0.457 e. The van der Waals surface area contributed by atoms with Crippen LogP contribution >= 0.6 is 15.9 Å². The molecule has 0 N–H and O–H groups in total. The summed E-state index contributed by atoms with van der Waals surface area (Å²) in [6.45, 7) is 0. The van der Waals surface area contributed by atoms with Gasteiger partial charge < -0.3 is 4.74 Å². The predicted octanol–water partition coefficient (Wildman–Crippen LogP) is 5.39. The summed E-state index contributed by atoms with van der Waals surface area (Å²) < 4.78 is 43.7. The maximum Gasteiger partial charge on any atom is 0.419 e. The van der Waals surface area contributed by atoms with E-state index >= 15 is 0 Å². The lowest BCUT2D eigenvalue weighted by molar-refractivity contribution is -0.138. The number of para-hydroxylation sites is 1. The first kappa shape index (κ1) is 13.9. The van der Waals surface area contributed by atoms with Crippen LogP contribution in [0.25, 0.3) is 0 Å². The monoisotopic (exact) mass is 330 g/mol. The fraction of sp³-hybridized carbons (Fsp3) is 0.143. The lowest BCUT2D eigenvalue weighted by Gasteiger charge is -2.13. The van der Waals surface area contributed by atoms with Crippen molar-refractivity contribution in [3.8, 4) is 11.5 Å². The van der Waals surface area contributed by atoms with Gasteiger partial charge in [-0.2, -0.15) is 13.2 Å². The summed E-state index contributed by atoms with van der Waals surface area (Å²) in [6, 6.07) is 12.0. The van der Waals surface area contributed by atoms with Gasteiger partial charge in [-0.05, 0) is 29.8 Å². The third-order valence-electron chi connectivity index (χ3n) is 2.50. The Labute approximate surface area is 117 Å². The second-order valence-electron chi connectivity index (χ2n) is 3.87. The van der Waals surface area contributed by atoms with Crippen molar-refractivity contribution in [3.05, 3.63) is 59.7 Å². The van der Waals surface area contributed by atoms with Crippen molar-refractivity contribution in [1.82, 2.24) is 0 Å². The Morgan fingerprint density at radius 3 is 2.16 bits per heavy atom. The maximum absolute atomic E-state index is 12.8. The molecule has 0 heterocycles. The summed E-state index contributed by atoms with van der Waals surface area (Å²) >= 11 is 3.30. The minimum atomic E-state index is -4.42. The van der Waals surface area contributed by atoms with Crippen LogP contribution < -0.4 is 4.74 Å². The number of ether oxygens (including phenoxy) is 1. The molecule has 5 heteroatoms. The van der Waals surface area contributed by atoms with E-state index in [1.54, 1.807) is 24.3 Å². The van der Waals surface area contributed by atoms with Crippen LogP contribution in [0.3, 0.4) is 0 Å². The van der Waals surface area contributed by atoms with Crippen LogP contribution in [0.4, 0.5) is 13.2 Å². The van der Waals surface area contributed by atoms with Gasteiger partial charge in [0, 0.05) is 5.33 Å². The maximum atomic E-state index is 12.8. The second-order valence-corrected chi connectivity index (χ2v) is 4.43. The predicted molar refractivity (Wildman–Crippen MR) is 70.6 cm³/mol. The molecule has 19 heavy (non-hydrogen) atoms. The van der Waals surface area contributed by atoms with Gasteiger partial charge in [-0.3, -0.25) is 0 Å². The number of halogens is 4. The van der Waals surface area contributed by atoms with Gasteiger partial charge in [-0.25, -0.2) is 0 Å². The van der Waals surface area contributed by atoms with Gasteiger partial charge >= 0.3 is 6.18 Å². The summed E-state index contributed by atoms with van der Waals surface area (Å²) in [5, 5.41) is 0.687. The molecule has 2 rings (SSSR count). The molecule has 0 unspecified atom stereocenters. The normalized spacial score (nSPS) is 11.4. The lowest BCUT2D eigenvalue weighted by Crippen LogP contribution is -2.06. The van der Waals surface area contributed by atoms with Gasteiger partial charge in [0.05, 0.1) is 5.56 Å². The summed E-state index contributed by atoms with van der Waals surface area (Å²) in [4.78, 5) is 0. The summed E-state index contributed by atoms with van der Waals surface area (Å²) in [5.74, 6) is 0.183. The van der Waals surface area contributed by atoms with E-state index in [0.29, 0.717) is 11.1 Å². The highest BCUT2D eigenvalue weighted by molar-refractivity contribution is 9.08. The molecule has 100 valence electrons. The molecule has 2 aromatic carbocycles. The van der Waals surface area contributed by atoms with Gasteiger partial charge in [0.2, 0.25) is 0 Å². The Bertz CT molecular complexity index is 549. The molecule has 0 fully saturated rings. The number of rotatable bonds is 3. The molecule has 1 nitrogen and oxygen atoms in total. The van der Waals surface area contributed by atoms with E-state index in [-0.39, 0.29) is 5.75 Å². The van der Waals surface area contributed by atoms with Crippen LogP contribution in [0.1, 0.15) is 11.1 Å². The van der Waals surface area contributed by atoms with Crippen LogP contribution in [0.5, 0.6) is 11.5 Å². The smallest absolute Gasteiger partial charge is 0.419 e. The van der Waals surface area contributed by atoms with Gasteiger partial charge in [-0.1, -0.05) is 40.2 Å². The SMILES string of the molecule is FC(F)(F)c1ccccc1Oc1ccc(CBr)cc1. The van der Waals surface area contributed by atoms with Crippen molar-refractivity contribution in [2.45, 2.75) is 11.5 Å². The summed E-state index contributed by atoms with van der Waals surface area (Å²) in [7, 11) is 0. The average molecular weight is 331 g/mol. The van der Waals surface area contributed by atoms with Crippen molar-refractivity contribution in [1.29, 1.82) is 0 Å². The number of hydrogen-bond acceptors (Lipinski definition) is 1. The Morgan fingerprint density at radius 1 is 0.947 bits per heavy atom. The van der Waals surface area contributed by atoms with Gasteiger partial charge in [0.25, 0.3) is 0 Å². The van der Waals surface area contributed by atoms with E-state index in [1.807, 2.05) is 0 Å². The number of alkyl halides is 4. The molecule has 0 aliphatic carbocycles. The zero-order valence-electron chi connectivity index (χ0n) is 9.75. The number of benzene rings is 2. The fourth-order valence-electron chi connectivity index (χ4n) is 1.56. The Hall–Kier alpha value is -1.49. The van der Waals surface area contributed by atoms with Crippen LogP contribution in [0, 0.1) is 0 Å². The van der Waals surface area contributed by atoms with Crippen molar-refractivity contribution in [3.63, 3.8) is 0 Å². The van der Waals surface area contributed by atoms with E-state index in [4.69, 9.17) is 4.74 Å². The summed E-state index contributed by atoms with van der Waals surface area (Å²) in [6.07, 6.45) is -4.42. The van der Waals surface area contributed by atoms with E-state index < -0.39 is 11.7 Å². The highest BCUT2D eigenvalue weighted by atomic mass is 79.9. The Morgan fingerprint density at radius 2 is 1.58 bits per heavy atom. The lowest BCUT2D eigenvalue weighted by atomic mass is 10.2. The van der Waals surface area contributed by atoms with E-state index in [9.17, 15) is 13.2 Å². The zero-order chi connectivity index (χ0) is 13.9. The minimum Gasteiger partial charge on any atom is -0.457 e. The third-order valence-corrected chi connectivity index (χ3v) is 3.15. The molecule has 2 aromatic rings. The van der Waals surface area contributed by atoms with Gasteiger partial charge in [-0.15, -0.1) is 0 Å². The molecular formula is C14H10BrF3O. The topological polar surface area (TPSA) is 9.23 Å². The van der Waals surface area contributed by atoms with Crippen LogP contribution in [-0.4, -0.2) is 0 Å². The minimum absolute atomic E-state index is 0.193. The van der Waals surface area contributed by atoms with E-state index in [0.717, 1.165) is 11.6 Å². The molecule has 0 spiro atoms. The zero-order valence-corrected chi connectivity index (χ0v) is 11.3. The van der Waals surface area contributed by atoms with Gasteiger partial charge in [0.1, 0.15) is 11.5 Å². The Balaban J connectivity index is 2.28. The van der Waals surface area contributed by atoms with Crippen molar-refractivity contribution < 1.29 is 17.9 Å². The van der Waals surface area contributed by atoms with Crippen molar-refractivity contribution in [2.75, 3.05) is 0 Å². The second kappa shape index (κ2) is 5.65. The highest BCUT2D eigenvalue weighted by Crippen LogP contribution is 2.37. The fourth-order valence-corrected chi connectivity index (χ4v) is 1.94. The molecule has 0 aliphatic heterocycles. The molecule has 0 saturated heterocycles. The van der Waals surface area contributed by atoms with Gasteiger partial charge in [0.15, 0.2) is 0 Å². The standard InChI is InChI=1S/C14H10BrF3O/c15-9-10-5-7-11(8-6-10)19-13-4-2-1-3-12(13)14(16,17)18/h1-8H,9H2. The summed E-state index contributed by atoms with van der Waals surface area (Å²) in [5.41, 5.74) is 0.246. The van der Waals surface area contributed by atoms with E-state index in [2.05, 4.69) is 15.9 Å². The van der Waals surface area contributed by atoms with Crippen LogP contribution in [0.15, 0.2) is 48.5 Å². The van der Waals surface area contributed by atoms with Crippen molar-refractivity contribution >= 4 is 15.9 Å². The highest BCUT2D eigenvalue weighted by Gasteiger charge is 2.34. The van der Waals surface area contributed by atoms with Crippen LogP contribution in [-0.2, 0) is 11.5 Å². The third kappa shape index (κ3) is 3.50. The number of hydrogen-bond donors (Lipinski definition) is 0.